The molecular weight excluding hydrogens is 280 g/mol. The number of nitrogens with zero attached hydrogens (tertiary/aromatic N) is 1. The molecule has 0 saturated carbocycles. The summed E-state index contributed by atoms with van der Waals surface area (Å²) < 4.78 is 5.69. The van der Waals surface area contributed by atoms with E-state index in [2.05, 4.69) is 33.2 Å². The summed E-state index contributed by atoms with van der Waals surface area (Å²) >= 11 is 3.62. The van der Waals surface area contributed by atoms with Gasteiger partial charge in [0.25, 0.3) is 0 Å². The second-order valence-corrected chi connectivity index (χ2v) is 5.53. The van der Waals surface area contributed by atoms with Crippen LogP contribution in [0, 0.1) is 0 Å². The van der Waals surface area contributed by atoms with E-state index in [1.807, 2.05) is 26.0 Å². The molecule has 0 aliphatic rings. The molecule has 17 heavy (non-hydrogen) atoms. The van der Waals surface area contributed by atoms with Crippen LogP contribution < -0.4 is 10.1 Å². The van der Waals surface area contributed by atoms with E-state index in [-0.39, 0.29) is 6.10 Å². The summed E-state index contributed by atoms with van der Waals surface area (Å²) in [6.45, 7) is 7.10. The van der Waals surface area contributed by atoms with Crippen molar-refractivity contribution < 1.29 is 4.74 Å². The van der Waals surface area contributed by atoms with E-state index in [4.69, 9.17) is 4.74 Å². The monoisotopic (exact) mass is 300 g/mol. The average molecular weight is 301 g/mol. The zero-order chi connectivity index (χ0) is 12.7. The van der Waals surface area contributed by atoms with Crippen molar-refractivity contribution in [2.24, 2.45) is 0 Å². The smallest absolute Gasteiger partial charge is 0.168 e. The number of anilines is 1. The second kappa shape index (κ2) is 7.54. The molecule has 0 saturated heterocycles. The van der Waals surface area contributed by atoms with Gasteiger partial charge in [-0.25, -0.2) is 4.98 Å². The molecule has 0 aliphatic heterocycles. The van der Waals surface area contributed by atoms with Crippen molar-refractivity contribution >= 4 is 21.7 Å². The minimum atomic E-state index is 0.166. The first-order valence-electron chi connectivity index (χ1n) is 6.13. The van der Waals surface area contributed by atoms with Crippen molar-refractivity contribution in [2.45, 2.75) is 44.5 Å². The number of nitrogens with one attached hydrogen (secondary N) is 1. The van der Waals surface area contributed by atoms with Crippen LogP contribution in [0.3, 0.4) is 0 Å². The van der Waals surface area contributed by atoms with Gasteiger partial charge in [-0.1, -0.05) is 22.9 Å². The van der Waals surface area contributed by atoms with Gasteiger partial charge in [-0.15, -0.1) is 0 Å². The molecule has 3 nitrogen and oxygen atoms in total. The molecule has 0 spiro atoms. The predicted molar refractivity (Wildman–Crippen MR) is 76.1 cm³/mol. The number of rotatable bonds is 7. The van der Waals surface area contributed by atoms with Crippen LogP contribution in [0.15, 0.2) is 18.3 Å². The van der Waals surface area contributed by atoms with Gasteiger partial charge >= 0.3 is 0 Å². The summed E-state index contributed by atoms with van der Waals surface area (Å²) in [7, 11) is 0. The molecule has 0 amide bonds. The highest BCUT2D eigenvalue weighted by Gasteiger charge is 2.06. The van der Waals surface area contributed by atoms with E-state index in [9.17, 15) is 0 Å². The van der Waals surface area contributed by atoms with Gasteiger partial charge in [-0.05, 0) is 38.8 Å². The summed E-state index contributed by atoms with van der Waals surface area (Å²) in [5, 5.41) is 3.32. The van der Waals surface area contributed by atoms with E-state index in [1.54, 1.807) is 6.20 Å². The van der Waals surface area contributed by atoms with Gasteiger partial charge in [0.15, 0.2) is 11.6 Å². The fourth-order valence-electron chi connectivity index (χ4n) is 1.42. The highest BCUT2D eigenvalue weighted by atomic mass is 79.9. The Kier molecular flexibility index (Phi) is 6.34. The molecule has 1 aromatic rings. The van der Waals surface area contributed by atoms with Crippen LogP contribution >= 0.6 is 15.9 Å². The first kappa shape index (κ1) is 14.3. The van der Waals surface area contributed by atoms with Crippen molar-refractivity contribution in [1.29, 1.82) is 0 Å². The maximum atomic E-state index is 5.69. The molecule has 1 aromatic heterocycles. The van der Waals surface area contributed by atoms with Crippen LogP contribution in [-0.4, -0.2) is 22.5 Å². The molecule has 4 heteroatoms. The maximum Gasteiger partial charge on any atom is 0.168 e. The average Bonchev–Trinajstić information content (AvgIpc) is 2.30. The van der Waals surface area contributed by atoms with Crippen molar-refractivity contribution in [1.82, 2.24) is 4.98 Å². The van der Waals surface area contributed by atoms with E-state index >= 15 is 0 Å². The maximum absolute atomic E-state index is 5.69. The molecule has 96 valence electrons. The molecule has 0 bridgehead atoms. The fraction of sp³-hybridized carbons (Fsp3) is 0.615. The van der Waals surface area contributed by atoms with Crippen LogP contribution in [0.25, 0.3) is 0 Å². The molecule has 0 aliphatic carbocycles. The Morgan fingerprint density at radius 1 is 1.47 bits per heavy atom. The van der Waals surface area contributed by atoms with Gasteiger partial charge in [0, 0.05) is 17.6 Å². The largest absolute Gasteiger partial charge is 0.487 e. The standard InChI is InChI=1S/C13H21BrN2O/c1-4-11(14)7-9-16-13-12(17-10(2)3)6-5-8-15-13/h5-6,8,10-11H,4,7,9H2,1-3H3,(H,15,16). The molecule has 0 fully saturated rings. The van der Waals surface area contributed by atoms with Crippen molar-refractivity contribution in [2.75, 3.05) is 11.9 Å². The highest BCUT2D eigenvalue weighted by Crippen LogP contribution is 2.22. The molecule has 1 heterocycles. The van der Waals surface area contributed by atoms with E-state index in [1.165, 1.54) is 0 Å². The third kappa shape index (κ3) is 5.39. The fourth-order valence-corrected chi connectivity index (χ4v) is 1.65. The Labute approximate surface area is 112 Å². The van der Waals surface area contributed by atoms with Gasteiger partial charge < -0.3 is 10.1 Å². The summed E-state index contributed by atoms with van der Waals surface area (Å²) in [6.07, 6.45) is 4.16. The lowest BCUT2D eigenvalue weighted by molar-refractivity contribution is 0.243. The summed E-state index contributed by atoms with van der Waals surface area (Å²) in [6, 6.07) is 3.84. The number of alkyl halides is 1. The third-order valence-electron chi connectivity index (χ3n) is 2.33. The van der Waals surface area contributed by atoms with E-state index in [0.717, 1.165) is 31.0 Å². The molecule has 1 atom stereocenters. The lowest BCUT2D eigenvalue weighted by atomic mass is 10.2. The first-order valence-corrected chi connectivity index (χ1v) is 7.04. The summed E-state index contributed by atoms with van der Waals surface area (Å²) in [4.78, 5) is 4.87. The van der Waals surface area contributed by atoms with Crippen LogP contribution in [-0.2, 0) is 0 Å². The highest BCUT2D eigenvalue weighted by molar-refractivity contribution is 9.09. The van der Waals surface area contributed by atoms with Crippen molar-refractivity contribution in [3.05, 3.63) is 18.3 Å². The Bertz CT molecular complexity index is 331. The van der Waals surface area contributed by atoms with Crippen LogP contribution in [0.1, 0.15) is 33.6 Å². The lowest BCUT2D eigenvalue weighted by Crippen LogP contribution is -2.12. The Hall–Kier alpha value is -0.770. The quantitative estimate of drug-likeness (QED) is 0.777. The molecular formula is C13H21BrN2O. The number of aromatic nitrogens is 1. The minimum absolute atomic E-state index is 0.166. The molecule has 0 radical (unpaired) electrons. The normalized spacial score (nSPS) is 12.5. The van der Waals surface area contributed by atoms with Gasteiger partial charge in [-0.3, -0.25) is 0 Å². The topological polar surface area (TPSA) is 34.2 Å². The lowest BCUT2D eigenvalue weighted by Gasteiger charge is -2.15. The van der Waals surface area contributed by atoms with Crippen LogP contribution in [0.4, 0.5) is 5.82 Å². The second-order valence-electron chi connectivity index (χ2n) is 4.24. The third-order valence-corrected chi connectivity index (χ3v) is 3.43. The zero-order valence-corrected chi connectivity index (χ0v) is 12.3. The summed E-state index contributed by atoms with van der Waals surface area (Å²) in [5.74, 6) is 1.65. The Morgan fingerprint density at radius 2 is 2.24 bits per heavy atom. The van der Waals surface area contributed by atoms with Crippen molar-refractivity contribution in [3.63, 3.8) is 0 Å². The SMILES string of the molecule is CCC(Br)CCNc1ncccc1OC(C)C. The van der Waals surface area contributed by atoms with Gasteiger partial charge in [0.05, 0.1) is 6.10 Å². The zero-order valence-electron chi connectivity index (χ0n) is 10.7. The van der Waals surface area contributed by atoms with Gasteiger partial charge in [0.2, 0.25) is 0 Å². The van der Waals surface area contributed by atoms with Crippen LogP contribution in [0.2, 0.25) is 0 Å². The van der Waals surface area contributed by atoms with Crippen LogP contribution in [0.5, 0.6) is 5.75 Å². The molecule has 0 aromatic carbocycles. The number of ether oxygens (including phenoxy) is 1. The summed E-state index contributed by atoms with van der Waals surface area (Å²) in [5.41, 5.74) is 0. The number of pyridine rings is 1. The van der Waals surface area contributed by atoms with E-state index in [0.29, 0.717) is 4.83 Å². The van der Waals surface area contributed by atoms with Crippen molar-refractivity contribution in [3.8, 4) is 5.75 Å². The molecule has 1 N–H and O–H groups in total. The Balaban J connectivity index is 2.51. The Morgan fingerprint density at radius 3 is 2.88 bits per heavy atom. The number of hydrogen-bond donors (Lipinski definition) is 1. The van der Waals surface area contributed by atoms with Gasteiger partial charge in [0.1, 0.15) is 0 Å². The molecule has 1 rings (SSSR count). The first-order chi connectivity index (χ1) is 8.13. The number of hydrogen-bond acceptors (Lipinski definition) is 3. The van der Waals surface area contributed by atoms with Gasteiger partial charge in [-0.2, -0.15) is 0 Å². The number of halogens is 1. The molecule has 1 unspecified atom stereocenters. The van der Waals surface area contributed by atoms with E-state index < -0.39 is 0 Å². The predicted octanol–water partition coefficient (Wildman–Crippen LogP) is 3.84. The minimum Gasteiger partial charge on any atom is -0.487 e.